The highest BCUT2D eigenvalue weighted by atomic mass is 32.1. The molecule has 4 heteroatoms. The van der Waals surface area contributed by atoms with Gasteiger partial charge in [0.15, 0.2) is 8.32 Å². The zero-order valence-electron chi connectivity index (χ0n) is 11.5. The fourth-order valence-corrected chi connectivity index (χ4v) is 3.11. The molecule has 1 N–H and O–H groups in total. The molecule has 0 spiro atoms. The zero-order valence-corrected chi connectivity index (χ0v) is 13.4. The van der Waals surface area contributed by atoms with E-state index in [4.69, 9.17) is 9.53 Å². The number of thiophene rings is 1. The highest BCUT2D eigenvalue weighted by molar-refractivity contribution is 7.10. The van der Waals surface area contributed by atoms with Crippen LogP contribution in [0.1, 0.15) is 31.2 Å². The third-order valence-corrected chi connectivity index (χ3v) is 9.03. The van der Waals surface area contributed by atoms with Gasteiger partial charge in [-0.25, -0.2) is 0 Å². The monoisotopic (exact) mass is 272 g/mol. The van der Waals surface area contributed by atoms with Crippen LogP contribution >= 0.6 is 11.3 Å². The van der Waals surface area contributed by atoms with Gasteiger partial charge in [0.05, 0.1) is 6.61 Å². The number of aliphatic hydroxyl groups is 1. The van der Waals surface area contributed by atoms with E-state index in [0.29, 0.717) is 0 Å². The van der Waals surface area contributed by atoms with E-state index in [1.165, 1.54) is 5.56 Å². The highest BCUT2D eigenvalue weighted by Crippen LogP contribution is 2.36. The minimum atomic E-state index is -1.61. The maximum absolute atomic E-state index is 9.00. The molecule has 0 fully saturated rings. The van der Waals surface area contributed by atoms with Crippen molar-refractivity contribution in [2.24, 2.45) is 0 Å². The van der Waals surface area contributed by atoms with Gasteiger partial charge in [-0.05, 0) is 41.6 Å². The van der Waals surface area contributed by atoms with Gasteiger partial charge in [0.2, 0.25) is 0 Å². The lowest BCUT2D eigenvalue weighted by molar-refractivity contribution is 0.284. The molecule has 1 aromatic heterocycles. The largest absolute Gasteiger partial charge is 0.416 e. The van der Waals surface area contributed by atoms with Gasteiger partial charge in [0.1, 0.15) is 0 Å². The van der Waals surface area contributed by atoms with Gasteiger partial charge in [-0.15, -0.1) is 11.3 Å². The van der Waals surface area contributed by atoms with Crippen LogP contribution in [-0.2, 0) is 17.5 Å². The minimum absolute atomic E-state index is 0.147. The van der Waals surface area contributed by atoms with Crippen LogP contribution in [0, 0.1) is 0 Å². The number of rotatable bonds is 5. The van der Waals surface area contributed by atoms with Crippen LogP contribution in [0.2, 0.25) is 18.1 Å². The van der Waals surface area contributed by atoms with Crippen molar-refractivity contribution in [1.82, 2.24) is 0 Å². The van der Waals surface area contributed by atoms with Crippen molar-refractivity contribution >= 4 is 19.7 Å². The van der Waals surface area contributed by atoms with Gasteiger partial charge >= 0.3 is 0 Å². The minimum Gasteiger partial charge on any atom is -0.416 e. The van der Waals surface area contributed by atoms with E-state index in [1.807, 2.05) is 0 Å². The van der Waals surface area contributed by atoms with E-state index in [0.717, 1.165) is 17.9 Å². The summed E-state index contributed by atoms with van der Waals surface area (Å²) in [7, 11) is -1.61. The third kappa shape index (κ3) is 4.21. The summed E-state index contributed by atoms with van der Waals surface area (Å²) in [5.74, 6) is 0. The quantitative estimate of drug-likeness (QED) is 0.826. The van der Waals surface area contributed by atoms with Crippen LogP contribution < -0.4 is 0 Å². The van der Waals surface area contributed by atoms with Crippen LogP contribution in [-0.4, -0.2) is 20.0 Å². The molecular formula is C13H24O2SSi. The Morgan fingerprint density at radius 2 is 2.00 bits per heavy atom. The van der Waals surface area contributed by atoms with E-state index in [1.54, 1.807) is 11.3 Å². The lowest BCUT2D eigenvalue weighted by Gasteiger charge is -2.36. The molecule has 0 bridgehead atoms. The highest BCUT2D eigenvalue weighted by Gasteiger charge is 2.36. The van der Waals surface area contributed by atoms with Gasteiger partial charge in [0.25, 0.3) is 0 Å². The van der Waals surface area contributed by atoms with E-state index >= 15 is 0 Å². The Hall–Kier alpha value is -0.163. The van der Waals surface area contributed by atoms with E-state index in [9.17, 15) is 0 Å². The molecule has 0 aliphatic heterocycles. The maximum atomic E-state index is 9.00. The Morgan fingerprint density at radius 3 is 2.47 bits per heavy atom. The molecule has 0 radical (unpaired) electrons. The second-order valence-electron chi connectivity index (χ2n) is 5.94. The third-order valence-electron chi connectivity index (χ3n) is 3.52. The second kappa shape index (κ2) is 5.65. The Bertz CT molecular complexity index is 353. The smallest absolute Gasteiger partial charge is 0.191 e. The molecule has 17 heavy (non-hydrogen) atoms. The Morgan fingerprint density at radius 1 is 1.35 bits per heavy atom. The van der Waals surface area contributed by atoms with Gasteiger partial charge in [0, 0.05) is 11.5 Å². The molecule has 0 saturated heterocycles. The number of hydrogen-bond acceptors (Lipinski definition) is 3. The van der Waals surface area contributed by atoms with Crippen LogP contribution in [0.15, 0.2) is 11.4 Å². The molecule has 0 aliphatic carbocycles. The lowest BCUT2D eigenvalue weighted by Crippen LogP contribution is -2.41. The molecule has 0 amide bonds. The summed E-state index contributed by atoms with van der Waals surface area (Å²) in [5.41, 5.74) is 1.28. The molecule has 0 unspecified atom stereocenters. The molecular weight excluding hydrogens is 248 g/mol. The molecule has 0 atom stereocenters. The van der Waals surface area contributed by atoms with Crippen molar-refractivity contribution in [2.75, 3.05) is 6.61 Å². The average molecular weight is 272 g/mol. The Balaban J connectivity index is 2.42. The number of aliphatic hydroxyl groups excluding tert-OH is 1. The molecule has 0 aliphatic rings. The first-order chi connectivity index (χ1) is 7.76. The summed E-state index contributed by atoms with van der Waals surface area (Å²) >= 11 is 1.62. The van der Waals surface area contributed by atoms with E-state index in [2.05, 4.69) is 45.3 Å². The summed E-state index contributed by atoms with van der Waals surface area (Å²) < 4.78 is 6.12. The van der Waals surface area contributed by atoms with Gasteiger partial charge in [-0.1, -0.05) is 20.8 Å². The first-order valence-corrected chi connectivity index (χ1v) is 9.86. The van der Waals surface area contributed by atoms with Gasteiger partial charge in [-0.3, -0.25) is 0 Å². The fraction of sp³-hybridized carbons (Fsp3) is 0.692. The maximum Gasteiger partial charge on any atom is 0.191 e. The van der Waals surface area contributed by atoms with Crippen LogP contribution in [0.3, 0.4) is 0 Å². The molecule has 1 aromatic rings. The van der Waals surface area contributed by atoms with E-state index < -0.39 is 8.32 Å². The topological polar surface area (TPSA) is 29.5 Å². The molecule has 98 valence electrons. The first kappa shape index (κ1) is 14.9. The molecule has 1 heterocycles. The fourth-order valence-electron chi connectivity index (χ4n) is 1.28. The lowest BCUT2D eigenvalue weighted by atomic mass is 10.2. The van der Waals surface area contributed by atoms with Crippen molar-refractivity contribution in [3.05, 3.63) is 21.9 Å². The molecule has 2 nitrogen and oxygen atoms in total. The predicted molar refractivity (Wildman–Crippen MR) is 77.1 cm³/mol. The van der Waals surface area contributed by atoms with Crippen molar-refractivity contribution in [1.29, 1.82) is 0 Å². The Labute approximate surface area is 110 Å². The van der Waals surface area contributed by atoms with Crippen LogP contribution in [0.4, 0.5) is 0 Å². The number of hydrogen-bond donors (Lipinski definition) is 1. The molecule has 1 rings (SSSR count). The molecule has 0 saturated carbocycles. The van der Waals surface area contributed by atoms with Crippen LogP contribution in [0.25, 0.3) is 0 Å². The SMILES string of the molecule is CC(C)(C)[Si](C)(C)OCCc1csc(CO)c1. The van der Waals surface area contributed by atoms with Crippen molar-refractivity contribution < 1.29 is 9.53 Å². The predicted octanol–water partition coefficient (Wildman–Crippen LogP) is 3.80. The summed E-state index contributed by atoms with van der Waals surface area (Å²) in [6.45, 7) is 12.3. The summed E-state index contributed by atoms with van der Waals surface area (Å²) in [5, 5.41) is 11.4. The van der Waals surface area contributed by atoms with Crippen molar-refractivity contribution in [3.8, 4) is 0 Å². The van der Waals surface area contributed by atoms with Gasteiger partial charge < -0.3 is 9.53 Å². The van der Waals surface area contributed by atoms with Crippen molar-refractivity contribution in [2.45, 2.75) is 51.9 Å². The van der Waals surface area contributed by atoms with Gasteiger partial charge in [-0.2, -0.15) is 0 Å². The standard InChI is InChI=1S/C13H24O2SSi/c1-13(2,3)17(4,5)15-7-6-11-8-12(9-14)16-10-11/h8,10,14H,6-7,9H2,1-5H3. The first-order valence-electron chi connectivity index (χ1n) is 6.07. The van der Waals surface area contributed by atoms with Crippen molar-refractivity contribution in [3.63, 3.8) is 0 Å². The summed E-state index contributed by atoms with van der Waals surface area (Å²) in [6.07, 6.45) is 0.947. The average Bonchev–Trinajstić information content (AvgIpc) is 2.63. The summed E-state index contributed by atoms with van der Waals surface area (Å²) in [6, 6.07) is 2.07. The normalized spacial score (nSPS) is 13.1. The van der Waals surface area contributed by atoms with E-state index in [-0.39, 0.29) is 11.6 Å². The van der Waals surface area contributed by atoms with Crippen LogP contribution in [0.5, 0.6) is 0 Å². The molecule has 0 aromatic carbocycles. The summed E-state index contributed by atoms with van der Waals surface area (Å²) in [4.78, 5) is 1.03. The zero-order chi connectivity index (χ0) is 13.1. The second-order valence-corrected chi connectivity index (χ2v) is 11.7. The Kier molecular flexibility index (Phi) is 4.95.